The van der Waals surface area contributed by atoms with Crippen LogP contribution in [0.4, 0.5) is 0 Å². The monoisotopic (exact) mass is 230 g/mol. The van der Waals surface area contributed by atoms with Crippen molar-refractivity contribution in [2.24, 2.45) is 0 Å². The summed E-state index contributed by atoms with van der Waals surface area (Å²) < 4.78 is 26.7. The van der Waals surface area contributed by atoms with Crippen molar-refractivity contribution < 1.29 is 23.2 Å². The lowest BCUT2D eigenvalue weighted by Crippen LogP contribution is -2.13. The first kappa shape index (κ1) is 10.6. The van der Waals surface area contributed by atoms with Gasteiger partial charge in [0.05, 0.1) is 13.2 Å². The molecular weight excluding hydrogens is 219 g/mol. The minimum Gasteiger partial charge on any atom is -0.404 e. The maximum atomic E-state index is 11.8. The van der Waals surface area contributed by atoms with Gasteiger partial charge >= 0.3 is 7.82 Å². The van der Waals surface area contributed by atoms with Gasteiger partial charge < -0.3 is 9.63 Å². The highest BCUT2D eigenvalue weighted by Crippen LogP contribution is 2.54. The molecule has 0 saturated carbocycles. The number of aliphatic hydroxyl groups is 1. The van der Waals surface area contributed by atoms with Crippen LogP contribution in [-0.4, -0.2) is 24.4 Å². The molecule has 0 radical (unpaired) electrons. The van der Waals surface area contributed by atoms with E-state index in [0.29, 0.717) is 5.75 Å². The molecule has 82 valence electrons. The molecule has 1 aromatic carbocycles. The van der Waals surface area contributed by atoms with Gasteiger partial charge in [-0.25, -0.2) is 4.57 Å². The van der Waals surface area contributed by atoms with Gasteiger partial charge in [0.25, 0.3) is 0 Å². The molecule has 2 atom stereocenters. The maximum absolute atomic E-state index is 11.8. The van der Waals surface area contributed by atoms with Crippen molar-refractivity contribution in [3.8, 4) is 5.75 Å². The Morgan fingerprint density at radius 2 is 2.20 bits per heavy atom. The van der Waals surface area contributed by atoms with Crippen LogP contribution < -0.4 is 4.52 Å². The molecule has 1 fully saturated rings. The Morgan fingerprint density at radius 3 is 2.80 bits per heavy atom. The van der Waals surface area contributed by atoms with Gasteiger partial charge in [-0.3, -0.25) is 9.05 Å². The fourth-order valence-electron chi connectivity index (χ4n) is 1.16. The van der Waals surface area contributed by atoms with Gasteiger partial charge in [0.15, 0.2) is 0 Å². The topological polar surface area (TPSA) is 65.0 Å². The van der Waals surface area contributed by atoms with E-state index in [2.05, 4.69) is 0 Å². The summed E-state index contributed by atoms with van der Waals surface area (Å²) in [7, 11) is -3.52. The summed E-state index contributed by atoms with van der Waals surface area (Å²) in [6, 6.07) is 8.62. The Labute approximate surface area is 87.2 Å². The highest BCUT2D eigenvalue weighted by Gasteiger charge is 2.39. The first-order valence-corrected chi connectivity index (χ1v) is 5.96. The summed E-state index contributed by atoms with van der Waals surface area (Å²) >= 11 is 0. The van der Waals surface area contributed by atoms with Crippen molar-refractivity contribution in [2.45, 2.75) is 6.10 Å². The minimum atomic E-state index is -3.52. The molecule has 0 amide bonds. The quantitative estimate of drug-likeness (QED) is 0.798. The average molecular weight is 230 g/mol. The van der Waals surface area contributed by atoms with Crippen LogP contribution >= 0.6 is 7.82 Å². The molecule has 6 heteroatoms. The van der Waals surface area contributed by atoms with Crippen molar-refractivity contribution in [1.29, 1.82) is 0 Å². The largest absolute Gasteiger partial charge is 0.530 e. The Hall–Kier alpha value is -0.870. The van der Waals surface area contributed by atoms with Crippen LogP contribution in [0.15, 0.2) is 30.3 Å². The van der Waals surface area contributed by atoms with E-state index in [9.17, 15) is 4.57 Å². The van der Waals surface area contributed by atoms with E-state index in [4.69, 9.17) is 18.7 Å². The summed E-state index contributed by atoms with van der Waals surface area (Å²) in [5.41, 5.74) is 0. The predicted molar refractivity (Wildman–Crippen MR) is 52.6 cm³/mol. The van der Waals surface area contributed by atoms with Crippen LogP contribution in [0.3, 0.4) is 0 Å². The van der Waals surface area contributed by atoms with E-state index in [1.54, 1.807) is 24.3 Å². The first-order chi connectivity index (χ1) is 7.22. The highest BCUT2D eigenvalue weighted by molar-refractivity contribution is 7.49. The van der Waals surface area contributed by atoms with Gasteiger partial charge in [-0.15, -0.1) is 0 Å². The number of aliphatic hydroxyl groups excluding tert-OH is 1. The summed E-state index contributed by atoms with van der Waals surface area (Å²) in [4.78, 5) is 0. The number of para-hydroxylation sites is 1. The lowest BCUT2D eigenvalue weighted by molar-refractivity contribution is 0.129. The molecule has 1 aliphatic rings. The van der Waals surface area contributed by atoms with E-state index in [0.717, 1.165) is 0 Å². The highest BCUT2D eigenvalue weighted by atomic mass is 31.2. The molecule has 0 aromatic heterocycles. The third kappa shape index (κ3) is 2.58. The molecule has 1 aliphatic heterocycles. The van der Waals surface area contributed by atoms with E-state index in [-0.39, 0.29) is 13.2 Å². The Kier molecular flexibility index (Phi) is 3.07. The smallest absolute Gasteiger partial charge is 0.404 e. The van der Waals surface area contributed by atoms with Crippen LogP contribution in [0, 0.1) is 0 Å². The molecule has 1 aromatic rings. The molecule has 1 saturated heterocycles. The summed E-state index contributed by atoms with van der Waals surface area (Å²) in [5.74, 6) is 0.416. The average Bonchev–Trinajstić information content (AvgIpc) is 2.61. The standard InChI is InChI=1S/C9H11O5P/c10-6-9-7-12-15(11,14-9)13-8-4-2-1-3-5-8/h1-5,9-10H,6-7H2. The SMILES string of the molecule is O=P1(Oc2ccccc2)OCC(CO)O1. The number of hydrogen-bond donors (Lipinski definition) is 1. The van der Waals surface area contributed by atoms with Crippen LogP contribution in [0.5, 0.6) is 5.75 Å². The van der Waals surface area contributed by atoms with Gasteiger partial charge in [-0.05, 0) is 12.1 Å². The van der Waals surface area contributed by atoms with Crippen molar-refractivity contribution in [3.63, 3.8) is 0 Å². The van der Waals surface area contributed by atoms with E-state index >= 15 is 0 Å². The summed E-state index contributed by atoms with van der Waals surface area (Å²) in [6.07, 6.45) is -0.570. The second-order valence-corrected chi connectivity index (χ2v) is 4.60. The van der Waals surface area contributed by atoms with E-state index < -0.39 is 13.9 Å². The molecule has 0 aliphatic carbocycles. The van der Waals surface area contributed by atoms with Crippen molar-refractivity contribution >= 4 is 7.82 Å². The minimum absolute atomic E-state index is 0.0839. The number of phosphoric ester groups is 1. The van der Waals surface area contributed by atoms with E-state index in [1.165, 1.54) is 0 Å². The molecular formula is C9H11O5P. The lowest BCUT2D eigenvalue weighted by atomic mass is 10.3. The van der Waals surface area contributed by atoms with Gasteiger partial charge in [0.1, 0.15) is 11.9 Å². The zero-order valence-corrected chi connectivity index (χ0v) is 8.80. The van der Waals surface area contributed by atoms with Gasteiger partial charge in [-0.1, -0.05) is 18.2 Å². The van der Waals surface area contributed by atoms with E-state index in [1.807, 2.05) is 6.07 Å². The second-order valence-electron chi connectivity index (χ2n) is 3.06. The molecule has 1 N–H and O–H groups in total. The van der Waals surface area contributed by atoms with Crippen LogP contribution in [-0.2, 0) is 13.6 Å². The second kappa shape index (κ2) is 4.33. The molecule has 0 bridgehead atoms. The van der Waals surface area contributed by atoms with Crippen molar-refractivity contribution in [3.05, 3.63) is 30.3 Å². The summed E-state index contributed by atoms with van der Waals surface area (Å²) in [5, 5.41) is 8.78. The lowest BCUT2D eigenvalue weighted by Gasteiger charge is -2.11. The van der Waals surface area contributed by atoms with Crippen molar-refractivity contribution in [2.75, 3.05) is 13.2 Å². The Balaban J connectivity index is 2.04. The maximum Gasteiger partial charge on any atom is 0.530 e. The third-order valence-electron chi connectivity index (χ3n) is 1.86. The van der Waals surface area contributed by atoms with Crippen LogP contribution in [0.1, 0.15) is 0 Å². The fourth-order valence-corrected chi connectivity index (χ4v) is 2.54. The number of hydrogen-bond acceptors (Lipinski definition) is 5. The Bertz CT molecular complexity index is 366. The third-order valence-corrected chi connectivity index (χ3v) is 3.32. The van der Waals surface area contributed by atoms with Gasteiger partial charge in [0, 0.05) is 0 Å². The zero-order chi connectivity index (χ0) is 10.7. The van der Waals surface area contributed by atoms with Gasteiger partial charge in [0.2, 0.25) is 0 Å². The molecule has 1 heterocycles. The fraction of sp³-hybridized carbons (Fsp3) is 0.333. The normalized spacial score (nSPS) is 30.3. The van der Waals surface area contributed by atoms with Crippen LogP contribution in [0.25, 0.3) is 0 Å². The summed E-state index contributed by atoms with van der Waals surface area (Å²) in [6.45, 7) is -0.150. The molecule has 5 nitrogen and oxygen atoms in total. The number of benzene rings is 1. The zero-order valence-electron chi connectivity index (χ0n) is 7.91. The molecule has 2 unspecified atom stereocenters. The van der Waals surface area contributed by atoms with Crippen molar-refractivity contribution in [1.82, 2.24) is 0 Å². The number of phosphoric acid groups is 1. The number of rotatable bonds is 3. The van der Waals surface area contributed by atoms with Crippen LogP contribution in [0.2, 0.25) is 0 Å². The van der Waals surface area contributed by atoms with Gasteiger partial charge in [-0.2, -0.15) is 0 Å². The molecule has 0 spiro atoms. The Morgan fingerprint density at radius 1 is 1.47 bits per heavy atom. The molecule has 15 heavy (non-hydrogen) atoms. The molecule has 2 rings (SSSR count). The predicted octanol–water partition coefficient (Wildman–Crippen LogP) is 1.58. The first-order valence-electron chi connectivity index (χ1n) is 4.50.